The maximum atomic E-state index is 13.8. The van der Waals surface area contributed by atoms with Crippen molar-refractivity contribution in [2.75, 3.05) is 20.1 Å². The first kappa shape index (κ1) is 27.7. The van der Waals surface area contributed by atoms with Crippen LogP contribution in [0, 0.1) is 55.4 Å². The van der Waals surface area contributed by atoms with Gasteiger partial charge in [-0.2, -0.15) is 0 Å². The fourth-order valence-electron chi connectivity index (χ4n) is 6.31. The zero-order valence-corrected chi connectivity index (χ0v) is 25.4. The molecule has 206 valence electrons. The first-order valence-electron chi connectivity index (χ1n) is 14.1. The van der Waals surface area contributed by atoms with Crippen LogP contribution in [0.1, 0.15) is 56.2 Å². The van der Waals surface area contributed by atoms with Gasteiger partial charge in [-0.3, -0.25) is 9.69 Å². The highest BCUT2D eigenvalue weighted by atomic mass is 16.1. The number of hydrogen-bond donors (Lipinski definition) is 0. The molecule has 4 nitrogen and oxygen atoms in total. The van der Waals surface area contributed by atoms with Gasteiger partial charge in [0.25, 0.3) is 0 Å². The summed E-state index contributed by atoms with van der Waals surface area (Å²) in [7, 11) is 2.09. The Kier molecular flexibility index (Phi) is 7.32. The van der Waals surface area contributed by atoms with Crippen molar-refractivity contribution in [1.29, 1.82) is 0 Å². The quantitative estimate of drug-likeness (QED) is 0.252. The predicted octanol–water partition coefficient (Wildman–Crippen LogP) is 7.72. The lowest BCUT2D eigenvalue weighted by atomic mass is 9.94. The molecule has 0 saturated carbocycles. The molecule has 2 aromatic heterocycles. The Morgan fingerprint density at radius 2 is 1.00 bits per heavy atom. The average molecular weight is 532 g/mol. The molecular formula is C36H41N3O. The SMILES string of the molecule is Cc1ccc(-n2c(C)cc(C=C3CN(C)CC(=Cc4cc(C)n(-c5ccc(C)cc5C)c4C)C3=O)c2C)c(C)c1. The molecule has 0 radical (unpaired) electrons. The number of likely N-dealkylation sites (N-methyl/N-ethyl adjacent to an activating group) is 1. The highest BCUT2D eigenvalue weighted by Gasteiger charge is 2.25. The zero-order valence-electron chi connectivity index (χ0n) is 25.4. The van der Waals surface area contributed by atoms with Gasteiger partial charge in [0.15, 0.2) is 5.78 Å². The third kappa shape index (κ3) is 5.04. The number of Topliss-reactive ketones (excluding diaryl/α,β-unsaturated/α-hetero) is 1. The van der Waals surface area contributed by atoms with E-state index in [-0.39, 0.29) is 5.78 Å². The number of hydrogen-bond acceptors (Lipinski definition) is 2. The van der Waals surface area contributed by atoms with Crippen LogP contribution in [-0.4, -0.2) is 40.0 Å². The van der Waals surface area contributed by atoms with Crippen molar-refractivity contribution in [3.05, 3.63) is 116 Å². The Bertz CT molecular complexity index is 1580. The van der Waals surface area contributed by atoms with Gasteiger partial charge in [-0.15, -0.1) is 0 Å². The summed E-state index contributed by atoms with van der Waals surface area (Å²) in [6.07, 6.45) is 4.21. The Labute approximate surface area is 239 Å². The first-order valence-corrected chi connectivity index (χ1v) is 14.1. The minimum atomic E-state index is 0.144. The standard InChI is InChI=1S/C36H41N3O/c1-22-10-12-34(24(3)14-22)38-26(5)16-30(28(38)7)18-32-20-37(9)21-33(36(32)40)19-31-17-27(6)39(29(31)8)35-13-11-23(2)15-25(35)4/h10-19H,20-21H2,1-9H3. The second kappa shape index (κ2) is 10.6. The second-order valence-corrected chi connectivity index (χ2v) is 11.7. The van der Waals surface area contributed by atoms with Crippen LogP contribution in [0.2, 0.25) is 0 Å². The number of likely N-dealkylation sites (tertiary alicyclic amines) is 1. The molecule has 0 spiro atoms. The summed E-state index contributed by atoms with van der Waals surface area (Å²) in [5.41, 5.74) is 15.9. The van der Waals surface area contributed by atoms with Gasteiger partial charge in [0.1, 0.15) is 0 Å². The average Bonchev–Trinajstić information content (AvgIpc) is 3.30. The summed E-state index contributed by atoms with van der Waals surface area (Å²) in [5.74, 6) is 0.144. The van der Waals surface area contributed by atoms with Crippen molar-refractivity contribution in [3.8, 4) is 11.4 Å². The van der Waals surface area contributed by atoms with Crippen LogP contribution in [-0.2, 0) is 4.79 Å². The van der Waals surface area contributed by atoms with E-state index in [9.17, 15) is 4.79 Å². The first-order chi connectivity index (χ1) is 18.9. The molecular weight excluding hydrogens is 490 g/mol. The summed E-state index contributed by atoms with van der Waals surface area (Å²) in [6, 6.07) is 17.5. The second-order valence-electron chi connectivity index (χ2n) is 11.7. The van der Waals surface area contributed by atoms with Crippen molar-refractivity contribution >= 4 is 17.9 Å². The van der Waals surface area contributed by atoms with E-state index >= 15 is 0 Å². The zero-order chi connectivity index (χ0) is 28.9. The normalized spacial score (nSPS) is 16.5. The van der Waals surface area contributed by atoms with Crippen LogP contribution in [0.3, 0.4) is 0 Å². The van der Waals surface area contributed by atoms with E-state index in [1.165, 1.54) is 45.0 Å². The molecule has 1 aliphatic heterocycles. The van der Waals surface area contributed by atoms with E-state index in [1.807, 2.05) is 0 Å². The Balaban J connectivity index is 1.52. The third-order valence-electron chi connectivity index (χ3n) is 8.25. The molecule has 0 amide bonds. The van der Waals surface area contributed by atoms with Gasteiger partial charge >= 0.3 is 0 Å². The van der Waals surface area contributed by atoms with Crippen LogP contribution < -0.4 is 0 Å². The van der Waals surface area contributed by atoms with Crippen LogP contribution in [0.5, 0.6) is 0 Å². The number of nitrogens with zero attached hydrogens (tertiary/aromatic N) is 3. The van der Waals surface area contributed by atoms with Gasteiger partial charge in [-0.05, 0) is 121 Å². The highest BCUT2D eigenvalue weighted by molar-refractivity contribution is 6.14. The number of carbonyl (C=O) groups excluding carboxylic acids is 1. The van der Waals surface area contributed by atoms with Crippen molar-refractivity contribution < 1.29 is 4.79 Å². The van der Waals surface area contributed by atoms with Crippen molar-refractivity contribution in [2.24, 2.45) is 0 Å². The van der Waals surface area contributed by atoms with E-state index < -0.39 is 0 Å². The molecule has 0 N–H and O–H groups in total. The topological polar surface area (TPSA) is 30.2 Å². The molecule has 1 fully saturated rings. The monoisotopic (exact) mass is 531 g/mol. The van der Waals surface area contributed by atoms with Gasteiger partial charge in [0.05, 0.1) is 0 Å². The molecule has 0 bridgehead atoms. The van der Waals surface area contributed by atoms with E-state index in [0.717, 1.165) is 33.7 Å². The molecule has 1 aliphatic rings. The summed E-state index contributed by atoms with van der Waals surface area (Å²) in [4.78, 5) is 16.1. The molecule has 0 unspecified atom stereocenters. The molecule has 1 saturated heterocycles. The lowest BCUT2D eigenvalue weighted by molar-refractivity contribution is -0.113. The van der Waals surface area contributed by atoms with E-state index in [4.69, 9.17) is 0 Å². The summed E-state index contributed by atoms with van der Waals surface area (Å²) in [6.45, 7) is 18.4. The van der Waals surface area contributed by atoms with Gasteiger partial charge in [-0.25, -0.2) is 0 Å². The maximum Gasteiger partial charge on any atom is 0.187 e. The third-order valence-corrected chi connectivity index (χ3v) is 8.25. The van der Waals surface area contributed by atoms with Crippen molar-refractivity contribution in [2.45, 2.75) is 55.4 Å². The summed E-state index contributed by atoms with van der Waals surface area (Å²) >= 11 is 0. The van der Waals surface area contributed by atoms with Crippen LogP contribution in [0.15, 0.2) is 59.7 Å². The van der Waals surface area contributed by atoms with Crippen LogP contribution in [0.25, 0.3) is 23.5 Å². The molecule has 5 rings (SSSR count). The molecule has 0 atom stereocenters. The smallest absolute Gasteiger partial charge is 0.187 e. The Morgan fingerprint density at radius 3 is 1.38 bits per heavy atom. The fraction of sp³-hybridized carbons (Fsp3) is 0.306. The van der Waals surface area contributed by atoms with Crippen molar-refractivity contribution in [3.63, 3.8) is 0 Å². The minimum Gasteiger partial charge on any atom is -0.318 e. The number of carbonyl (C=O) groups is 1. The highest BCUT2D eigenvalue weighted by Crippen LogP contribution is 2.30. The molecule has 4 aromatic rings. The lowest BCUT2D eigenvalue weighted by Crippen LogP contribution is -2.34. The summed E-state index contributed by atoms with van der Waals surface area (Å²) < 4.78 is 4.60. The number of piperidine rings is 1. The van der Waals surface area contributed by atoms with Gasteiger partial charge < -0.3 is 9.13 Å². The number of ketones is 1. The van der Waals surface area contributed by atoms with Gasteiger partial charge in [-0.1, -0.05) is 35.4 Å². The van der Waals surface area contributed by atoms with Crippen LogP contribution >= 0.6 is 0 Å². The van der Waals surface area contributed by atoms with Crippen molar-refractivity contribution in [1.82, 2.24) is 14.0 Å². The Hall–Kier alpha value is -3.89. The van der Waals surface area contributed by atoms with E-state index in [2.05, 4.69) is 137 Å². The maximum absolute atomic E-state index is 13.8. The Morgan fingerprint density at radius 1 is 0.600 bits per heavy atom. The number of aryl methyl sites for hydroxylation is 6. The van der Waals surface area contributed by atoms with Crippen LogP contribution in [0.4, 0.5) is 0 Å². The van der Waals surface area contributed by atoms with E-state index in [1.54, 1.807) is 0 Å². The fourth-order valence-corrected chi connectivity index (χ4v) is 6.31. The number of aromatic nitrogens is 2. The van der Waals surface area contributed by atoms with Gasteiger partial charge in [0.2, 0.25) is 0 Å². The molecule has 0 aliphatic carbocycles. The van der Waals surface area contributed by atoms with Gasteiger partial charge in [0, 0.05) is 58.4 Å². The molecule has 2 aromatic carbocycles. The summed E-state index contributed by atoms with van der Waals surface area (Å²) in [5, 5.41) is 0. The predicted molar refractivity (Wildman–Crippen MR) is 168 cm³/mol. The lowest BCUT2D eigenvalue weighted by Gasteiger charge is -2.26. The molecule has 4 heteroatoms. The number of benzene rings is 2. The largest absolute Gasteiger partial charge is 0.318 e. The minimum absolute atomic E-state index is 0.144. The molecule has 40 heavy (non-hydrogen) atoms. The number of rotatable bonds is 4. The molecule has 3 heterocycles. The van der Waals surface area contributed by atoms with E-state index in [0.29, 0.717) is 13.1 Å².